The van der Waals surface area contributed by atoms with E-state index < -0.39 is 0 Å². The zero-order valence-corrected chi connectivity index (χ0v) is 23.4. The highest BCUT2D eigenvalue weighted by atomic mass is 32.2. The molecule has 0 N–H and O–H groups in total. The summed E-state index contributed by atoms with van der Waals surface area (Å²) in [5.41, 5.74) is 2.03. The number of nitrogens with zero attached hydrogens (tertiary/aromatic N) is 5. The van der Waals surface area contributed by atoms with E-state index in [1.807, 2.05) is 46.6 Å². The van der Waals surface area contributed by atoms with E-state index >= 15 is 0 Å². The molecule has 2 unspecified atom stereocenters. The second kappa shape index (κ2) is 10.4. The summed E-state index contributed by atoms with van der Waals surface area (Å²) >= 11 is 2.96. The van der Waals surface area contributed by atoms with Crippen LogP contribution in [0.15, 0.2) is 40.3 Å². The Kier molecular flexibility index (Phi) is 7.02. The van der Waals surface area contributed by atoms with Crippen LogP contribution in [-0.4, -0.2) is 67.6 Å². The summed E-state index contributed by atoms with van der Waals surface area (Å²) < 4.78 is 15.2. The van der Waals surface area contributed by atoms with Crippen LogP contribution in [0.25, 0.3) is 16.0 Å². The number of carbonyl (C=O) groups excluding carboxylic acids is 1. The molecule has 1 aromatic carbocycles. The van der Waals surface area contributed by atoms with E-state index in [1.54, 1.807) is 15.9 Å². The molecule has 6 rings (SSSR count). The van der Waals surface area contributed by atoms with Gasteiger partial charge in [0, 0.05) is 24.4 Å². The number of amides is 1. The minimum atomic E-state index is -0.353. The molecule has 2 atom stereocenters. The first-order valence-electron chi connectivity index (χ1n) is 13.0. The van der Waals surface area contributed by atoms with Gasteiger partial charge in [0.05, 0.1) is 43.1 Å². The van der Waals surface area contributed by atoms with Gasteiger partial charge in [-0.15, -0.1) is 21.5 Å². The maximum absolute atomic E-state index is 14.1. The fourth-order valence-electron chi connectivity index (χ4n) is 5.15. The van der Waals surface area contributed by atoms with E-state index in [1.165, 1.54) is 11.8 Å². The largest absolute Gasteiger partial charge is 0.378 e. The van der Waals surface area contributed by atoms with Crippen molar-refractivity contribution < 1.29 is 14.3 Å². The zero-order chi connectivity index (χ0) is 26.4. The van der Waals surface area contributed by atoms with E-state index in [0.717, 1.165) is 26.2 Å². The number of fused-ring (bicyclic) bond motifs is 5. The molecular formula is C27H31N5O4S2. The quantitative estimate of drug-likeness (QED) is 0.337. The average molecular weight is 554 g/mol. The molecule has 0 radical (unpaired) electrons. The summed E-state index contributed by atoms with van der Waals surface area (Å²) in [6.45, 7) is 9.40. The first kappa shape index (κ1) is 25.5. The topological polar surface area (TPSA) is 91.0 Å². The van der Waals surface area contributed by atoms with Gasteiger partial charge in [-0.05, 0) is 24.0 Å². The van der Waals surface area contributed by atoms with Crippen LogP contribution < -0.4 is 5.56 Å². The summed E-state index contributed by atoms with van der Waals surface area (Å²) in [5.74, 6) is 0.892. The van der Waals surface area contributed by atoms with Crippen LogP contribution in [0.1, 0.15) is 36.8 Å². The summed E-state index contributed by atoms with van der Waals surface area (Å²) in [6.07, 6.45) is 0.772. The maximum Gasteiger partial charge on any atom is 0.264 e. The number of morpholine rings is 1. The molecule has 2 aliphatic rings. The molecule has 1 fully saturated rings. The van der Waals surface area contributed by atoms with Crippen LogP contribution in [-0.2, 0) is 33.8 Å². The second-order valence-electron chi connectivity index (χ2n) is 10.2. The number of hydrogen-bond acceptors (Lipinski definition) is 8. The van der Waals surface area contributed by atoms with Gasteiger partial charge in [-0.2, -0.15) is 0 Å². The van der Waals surface area contributed by atoms with Crippen molar-refractivity contribution in [3.8, 4) is 0 Å². The molecule has 3 aromatic heterocycles. The van der Waals surface area contributed by atoms with Gasteiger partial charge in [0.15, 0.2) is 5.16 Å². The maximum atomic E-state index is 14.1. The van der Waals surface area contributed by atoms with Crippen molar-refractivity contribution in [3.63, 3.8) is 0 Å². The number of carbonyl (C=O) groups is 1. The molecule has 0 bridgehead atoms. The number of thioether (sulfide) groups is 1. The van der Waals surface area contributed by atoms with E-state index in [-0.39, 0.29) is 22.8 Å². The number of rotatable bonds is 6. The van der Waals surface area contributed by atoms with Crippen molar-refractivity contribution in [1.82, 2.24) is 24.1 Å². The van der Waals surface area contributed by atoms with Gasteiger partial charge in [0.2, 0.25) is 11.7 Å². The molecule has 9 nitrogen and oxygen atoms in total. The fraction of sp³-hybridized carbons (Fsp3) is 0.481. The molecular weight excluding hydrogens is 522 g/mol. The number of benzene rings is 1. The Hall–Kier alpha value is -2.73. The fourth-order valence-corrected chi connectivity index (χ4v) is 7.39. The Morgan fingerprint density at radius 3 is 2.66 bits per heavy atom. The van der Waals surface area contributed by atoms with Crippen LogP contribution >= 0.6 is 23.1 Å². The molecule has 0 saturated carbocycles. The smallest absolute Gasteiger partial charge is 0.264 e. The Balaban J connectivity index is 1.48. The second-order valence-corrected chi connectivity index (χ2v) is 12.6. The highest BCUT2D eigenvalue weighted by Crippen LogP contribution is 2.37. The van der Waals surface area contributed by atoms with Gasteiger partial charge < -0.3 is 14.4 Å². The van der Waals surface area contributed by atoms with Gasteiger partial charge in [-0.3, -0.25) is 14.2 Å². The average Bonchev–Trinajstić information content (AvgIpc) is 3.52. The predicted octanol–water partition coefficient (Wildman–Crippen LogP) is 3.59. The molecule has 4 aromatic rings. The third kappa shape index (κ3) is 4.55. The van der Waals surface area contributed by atoms with Crippen molar-refractivity contribution in [2.24, 2.45) is 5.92 Å². The number of aromatic nitrogens is 4. The SMILES string of the molecule is CC(Sc1nnc2n(Cc3ccccc3)c(=O)c3c4c(sc3n12)COC(C(C)C)C4)C(=O)N1CCOCC1. The summed E-state index contributed by atoms with van der Waals surface area (Å²) in [5, 5.41) is 9.96. The Bertz CT molecular complexity index is 1540. The molecule has 0 spiro atoms. The molecule has 1 saturated heterocycles. The minimum Gasteiger partial charge on any atom is -0.378 e. The lowest BCUT2D eigenvalue weighted by Gasteiger charge is -2.28. The Morgan fingerprint density at radius 1 is 1.16 bits per heavy atom. The van der Waals surface area contributed by atoms with Gasteiger partial charge in [-0.1, -0.05) is 55.9 Å². The van der Waals surface area contributed by atoms with Crippen molar-refractivity contribution in [2.75, 3.05) is 26.3 Å². The van der Waals surface area contributed by atoms with Crippen molar-refractivity contribution in [3.05, 3.63) is 56.7 Å². The lowest BCUT2D eigenvalue weighted by atomic mass is 9.96. The third-order valence-electron chi connectivity index (χ3n) is 7.31. The monoisotopic (exact) mass is 553 g/mol. The van der Waals surface area contributed by atoms with Gasteiger partial charge in [-0.25, -0.2) is 4.40 Å². The number of thiophene rings is 1. The van der Waals surface area contributed by atoms with E-state index in [0.29, 0.717) is 62.7 Å². The molecule has 38 heavy (non-hydrogen) atoms. The Labute approximate surface area is 228 Å². The standard InChI is InChI=1S/C27H31N5O4S2/c1-16(2)20-13-19-21(15-36-20)38-25-22(19)24(34)31(14-18-7-5-4-6-8-18)26-28-29-27(32(25)26)37-17(3)23(33)30-9-11-35-12-10-30/h4-8,16-17,20H,9-15H2,1-3H3. The molecule has 200 valence electrons. The molecule has 11 heteroatoms. The van der Waals surface area contributed by atoms with E-state index in [4.69, 9.17) is 9.47 Å². The van der Waals surface area contributed by atoms with Crippen LogP contribution in [0.3, 0.4) is 0 Å². The predicted molar refractivity (Wildman–Crippen MR) is 148 cm³/mol. The van der Waals surface area contributed by atoms with Crippen molar-refractivity contribution >= 4 is 45.0 Å². The lowest BCUT2D eigenvalue weighted by Crippen LogP contribution is -2.44. The first-order valence-corrected chi connectivity index (χ1v) is 14.7. The molecule has 5 heterocycles. The van der Waals surface area contributed by atoms with Crippen LogP contribution in [0.5, 0.6) is 0 Å². The van der Waals surface area contributed by atoms with Crippen LogP contribution in [0, 0.1) is 5.92 Å². The van der Waals surface area contributed by atoms with Crippen LogP contribution in [0.4, 0.5) is 0 Å². The molecule has 2 aliphatic heterocycles. The number of ether oxygens (including phenoxy) is 2. The highest BCUT2D eigenvalue weighted by Gasteiger charge is 2.31. The van der Waals surface area contributed by atoms with Gasteiger partial charge in [0.1, 0.15) is 4.83 Å². The summed E-state index contributed by atoms with van der Waals surface area (Å²) in [4.78, 5) is 31.0. The van der Waals surface area contributed by atoms with Crippen molar-refractivity contribution in [2.45, 2.75) is 56.9 Å². The Morgan fingerprint density at radius 2 is 1.92 bits per heavy atom. The van der Waals surface area contributed by atoms with Crippen LogP contribution in [0.2, 0.25) is 0 Å². The van der Waals surface area contributed by atoms with Crippen molar-refractivity contribution in [1.29, 1.82) is 0 Å². The minimum absolute atomic E-state index is 0.0559. The number of hydrogen-bond donors (Lipinski definition) is 0. The molecule has 1 amide bonds. The highest BCUT2D eigenvalue weighted by molar-refractivity contribution is 8.00. The molecule has 0 aliphatic carbocycles. The zero-order valence-electron chi connectivity index (χ0n) is 21.8. The van der Waals surface area contributed by atoms with E-state index in [9.17, 15) is 9.59 Å². The van der Waals surface area contributed by atoms with Gasteiger partial charge >= 0.3 is 0 Å². The normalized spacial score (nSPS) is 18.8. The lowest BCUT2D eigenvalue weighted by molar-refractivity contribution is -0.134. The van der Waals surface area contributed by atoms with E-state index in [2.05, 4.69) is 24.0 Å². The van der Waals surface area contributed by atoms with Gasteiger partial charge in [0.25, 0.3) is 5.56 Å². The summed E-state index contributed by atoms with van der Waals surface area (Å²) in [6, 6.07) is 9.92. The third-order valence-corrected chi connectivity index (χ3v) is 9.53. The summed E-state index contributed by atoms with van der Waals surface area (Å²) in [7, 11) is 0. The first-order chi connectivity index (χ1) is 18.4.